The van der Waals surface area contributed by atoms with Crippen LogP contribution in [0.1, 0.15) is 22.6 Å². The van der Waals surface area contributed by atoms with Gasteiger partial charge >= 0.3 is 0 Å². The SMILES string of the molecule is O=C1NCc2cccc3c2C1c1ccccc1O3. The first-order valence-electron chi connectivity index (χ1n) is 6.01. The molecule has 0 spiro atoms. The predicted octanol–water partition coefficient (Wildman–Crippen LogP) is 2.55. The zero-order valence-electron chi connectivity index (χ0n) is 9.64. The van der Waals surface area contributed by atoms with Crippen molar-refractivity contribution in [2.24, 2.45) is 0 Å². The Labute approximate surface area is 104 Å². The van der Waals surface area contributed by atoms with E-state index in [1.165, 1.54) is 0 Å². The quantitative estimate of drug-likeness (QED) is 0.764. The highest BCUT2D eigenvalue weighted by Crippen LogP contribution is 2.46. The first kappa shape index (κ1) is 9.71. The maximum Gasteiger partial charge on any atom is 0.232 e. The lowest BCUT2D eigenvalue weighted by Gasteiger charge is -2.32. The van der Waals surface area contributed by atoms with Crippen molar-refractivity contribution in [2.75, 3.05) is 0 Å². The predicted molar refractivity (Wildman–Crippen MR) is 66.6 cm³/mol. The van der Waals surface area contributed by atoms with E-state index in [1.54, 1.807) is 0 Å². The third-order valence-electron chi connectivity index (χ3n) is 3.61. The highest BCUT2D eigenvalue weighted by molar-refractivity contribution is 5.91. The number of para-hydroxylation sites is 1. The topological polar surface area (TPSA) is 38.3 Å². The molecule has 0 fully saturated rings. The number of fused-ring (bicyclic) bond motifs is 2. The van der Waals surface area contributed by atoms with E-state index in [0.717, 1.165) is 28.2 Å². The van der Waals surface area contributed by atoms with Gasteiger partial charge in [0.15, 0.2) is 0 Å². The van der Waals surface area contributed by atoms with E-state index in [1.807, 2.05) is 42.5 Å². The molecule has 0 bridgehead atoms. The van der Waals surface area contributed by atoms with Gasteiger partial charge in [-0.3, -0.25) is 4.79 Å². The molecule has 0 radical (unpaired) electrons. The largest absolute Gasteiger partial charge is 0.457 e. The Balaban J connectivity index is 2.03. The zero-order valence-corrected chi connectivity index (χ0v) is 9.64. The van der Waals surface area contributed by atoms with Crippen molar-refractivity contribution in [3.05, 3.63) is 59.2 Å². The Hall–Kier alpha value is -2.29. The number of nitrogens with one attached hydrogen (secondary N) is 1. The van der Waals surface area contributed by atoms with Crippen molar-refractivity contribution in [3.63, 3.8) is 0 Å². The van der Waals surface area contributed by atoms with Crippen molar-refractivity contribution in [3.8, 4) is 11.5 Å². The van der Waals surface area contributed by atoms with Crippen molar-refractivity contribution < 1.29 is 9.53 Å². The summed E-state index contributed by atoms with van der Waals surface area (Å²) in [7, 11) is 0. The monoisotopic (exact) mass is 237 g/mol. The summed E-state index contributed by atoms with van der Waals surface area (Å²) in [6, 6.07) is 13.7. The van der Waals surface area contributed by atoms with Crippen molar-refractivity contribution in [2.45, 2.75) is 12.5 Å². The summed E-state index contributed by atoms with van der Waals surface area (Å²) in [6.45, 7) is 0.587. The molecular weight excluding hydrogens is 226 g/mol. The molecule has 2 aromatic carbocycles. The summed E-state index contributed by atoms with van der Waals surface area (Å²) in [4.78, 5) is 12.2. The molecule has 3 heteroatoms. The fraction of sp³-hybridized carbons (Fsp3) is 0.133. The van der Waals surface area contributed by atoms with Crippen molar-refractivity contribution in [1.29, 1.82) is 0 Å². The lowest BCUT2D eigenvalue weighted by atomic mass is 9.82. The van der Waals surface area contributed by atoms with Gasteiger partial charge in [0.05, 0.1) is 5.92 Å². The third kappa shape index (κ3) is 1.16. The van der Waals surface area contributed by atoms with E-state index in [2.05, 4.69) is 5.32 Å². The Morgan fingerprint density at radius 1 is 1.06 bits per heavy atom. The Kier molecular flexibility index (Phi) is 1.81. The van der Waals surface area contributed by atoms with Crippen LogP contribution in [0.2, 0.25) is 0 Å². The van der Waals surface area contributed by atoms with E-state index in [0.29, 0.717) is 6.54 Å². The van der Waals surface area contributed by atoms with Crippen LogP contribution >= 0.6 is 0 Å². The van der Waals surface area contributed by atoms with Crippen LogP contribution in [0.3, 0.4) is 0 Å². The molecule has 2 heterocycles. The summed E-state index contributed by atoms with van der Waals surface area (Å²) < 4.78 is 5.89. The molecule has 1 amide bonds. The second-order valence-corrected chi connectivity index (χ2v) is 4.62. The van der Waals surface area contributed by atoms with Crippen LogP contribution in [0.25, 0.3) is 0 Å². The fourth-order valence-corrected chi connectivity index (χ4v) is 2.80. The molecule has 3 nitrogen and oxygen atoms in total. The third-order valence-corrected chi connectivity index (χ3v) is 3.61. The van der Waals surface area contributed by atoms with Crippen molar-refractivity contribution >= 4 is 5.91 Å². The Morgan fingerprint density at radius 2 is 1.89 bits per heavy atom. The first-order valence-corrected chi connectivity index (χ1v) is 6.01. The van der Waals surface area contributed by atoms with E-state index < -0.39 is 0 Å². The number of benzene rings is 2. The molecule has 1 atom stereocenters. The number of carbonyl (C=O) groups is 1. The molecule has 0 aliphatic carbocycles. The molecule has 88 valence electrons. The first-order chi connectivity index (χ1) is 8.84. The van der Waals surface area contributed by atoms with E-state index in [4.69, 9.17) is 4.74 Å². The van der Waals surface area contributed by atoms with Gasteiger partial charge in [-0.25, -0.2) is 0 Å². The molecule has 0 saturated carbocycles. The summed E-state index contributed by atoms with van der Waals surface area (Å²) in [6.07, 6.45) is 0. The van der Waals surface area contributed by atoms with E-state index in [9.17, 15) is 4.79 Å². The molecule has 0 saturated heterocycles. The van der Waals surface area contributed by atoms with Crippen molar-refractivity contribution in [1.82, 2.24) is 5.32 Å². The number of rotatable bonds is 0. The van der Waals surface area contributed by atoms with Crippen LogP contribution in [-0.4, -0.2) is 5.91 Å². The fourth-order valence-electron chi connectivity index (χ4n) is 2.80. The van der Waals surface area contributed by atoms with Gasteiger partial charge in [0.1, 0.15) is 11.5 Å². The van der Waals surface area contributed by atoms with Gasteiger partial charge in [0.2, 0.25) is 5.91 Å². The average Bonchev–Trinajstić information content (AvgIpc) is 2.41. The highest BCUT2D eigenvalue weighted by Gasteiger charge is 2.36. The Morgan fingerprint density at radius 3 is 2.83 bits per heavy atom. The Bertz CT molecular complexity index is 663. The summed E-state index contributed by atoms with van der Waals surface area (Å²) in [5.41, 5.74) is 3.13. The molecule has 1 unspecified atom stereocenters. The number of carbonyl (C=O) groups excluding carboxylic acids is 1. The lowest BCUT2D eigenvalue weighted by Crippen LogP contribution is -2.36. The molecule has 4 rings (SSSR count). The van der Waals surface area contributed by atoms with Gasteiger partial charge in [-0.05, 0) is 17.7 Å². The molecule has 2 aliphatic rings. The highest BCUT2D eigenvalue weighted by atomic mass is 16.5. The summed E-state index contributed by atoms with van der Waals surface area (Å²) in [5, 5.41) is 2.95. The van der Waals surface area contributed by atoms with Gasteiger partial charge in [0, 0.05) is 17.7 Å². The number of hydrogen-bond donors (Lipinski definition) is 1. The van der Waals surface area contributed by atoms with Crippen LogP contribution in [0, 0.1) is 0 Å². The number of ether oxygens (including phenoxy) is 1. The molecule has 18 heavy (non-hydrogen) atoms. The second kappa shape index (κ2) is 3.35. The van der Waals surface area contributed by atoms with Crippen LogP contribution in [0.15, 0.2) is 42.5 Å². The van der Waals surface area contributed by atoms with E-state index >= 15 is 0 Å². The molecular formula is C15H11NO2. The van der Waals surface area contributed by atoms with E-state index in [-0.39, 0.29) is 11.8 Å². The number of hydrogen-bond acceptors (Lipinski definition) is 2. The van der Waals surface area contributed by atoms with Crippen LogP contribution < -0.4 is 10.1 Å². The lowest BCUT2D eigenvalue weighted by molar-refractivity contribution is -0.122. The number of amides is 1. The maximum atomic E-state index is 12.2. The average molecular weight is 237 g/mol. The minimum Gasteiger partial charge on any atom is -0.457 e. The molecule has 2 aromatic rings. The standard InChI is InChI=1S/C15H11NO2/c17-15-14-10-5-1-2-6-11(10)18-12-7-3-4-9(8-16-15)13(12)14/h1-7,14H,8H2,(H,16,17). The minimum atomic E-state index is -0.227. The maximum absolute atomic E-state index is 12.2. The molecule has 1 N–H and O–H groups in total. The smallest absolute Gasteiger partial charge is 0.232 e. The van der Waals surface area contributed by atoms with Gasteiger partial charge < -0.3 is 10.1 Å². The normalized spacial score (nSPS) is 19.3. The van der Waals surface area contributed by atoms with Gasteiger partial charge in [-0.15, -0.1) is 0 Å². The van der Waals surface area contributed by atoms with Crippen LogP contribution in [0.5, 0.6) is 11.5 Å². The van der Waals surface area contributed by atoms with Gasteiger partial charge in [0.25, 0.3) is 0 Å². The van der Waals surface area contributed by atoms with Gasteiger partial charge in [-0.1, -0.05) is 30.3 Å². The minimum absolute atomic E-state index is 0.0608. The molecule has 2 aliphatic heterocycles. The molecule has 0 aromatic heterocycles. The zero-order chi connectivity index (χ0) is 12.1. The van der Waals surface area contributed by atoms with Crippen LogP contribution in [-0.2, 0) is 11.3 Å². The summed E-state index contributed by atoms with van der Waals surface area (Å²) in [5.74, 6) is 1.43. The van der Waals surface area contributed by atoms with Crippen LogP contribution in [0.4, 0.5) is 0 Å². The summed E-state index contributed by atoms with van der Waals surface area (Å²) >= 11 is 0. The van der Waals surface area contributed by atoms with Gasteiger partial charge in [-0.2, -0.15) is 0 Å². The second-order valence-electron chi connectivity index (χ2n) is 4.62.